The van der Waals surface area contributed by atoms with Crippen molar-refractivity contribution in [2.75, 3.05) is 12.4 Å². The van der Waals surface area contributed by atoms with E-state index in [1.807, 2.05) is 25.1 Å². The smallest absolute Gasteiger partial charge is 0.239 e. The first kappa shape index (κ1) is 12.6. The first-order valence-electron chi connectivity index (χ1n) is 5.69. The highest BCUT2D eigenvalue weighted by molar-refractivity contribution is 6.31. The molecule has 0 unspecified atom stereocenters. The second-order valence-electron chi connectivity index (χ2n) is 3.70. The molecule has 0 saturated heterocycles. The van der Waals surface area contributed by atoms with Gasteiger partial charge < -0.3 is 10.1 Å². The predicted molar refractivity (Wildman–Crippen MR) is 72.5 cm³/mol. The molecule has 94 valence electrons. The molecule has 0 fully saturated rings. The highest BCUT2D eigenvalue weighted by Gasteiger charge is 2.04. The fourth-order valence-electron chi connectivity index (χ4n) is 1.52. The van der Waals surface area contributed by atoms with Crippen molar-refractivity contribution in [2.45, 2.75) is 13.3 Å². The van der Waals surface area contributed by atoms with E-state index in [-0.39, 0.29) is 0 Å². The van der Waals surface area contributed by atoms with Crippen LogP contribution in [0.3, 0.4) is 0 Å². The van der Waals surface area contributed by atoms with Gasteiger partial charge in [0, 0.05) is 12.1 Å². The van der Waals surface area contributed by atoms with Crippen LogP contribution in [0.5, 0.6) is 11.6 Å². The van der Waals surface area contributed by atoms with Gasteiger partial charge in [0.25, 0.3) is 0 Å². The van der Waals surface area contributed by atoms with Crippen molar-refractivity contribution in [3.8, 4) is 11.6 Å². The molecule has 5 heteroatoms. The fourth-order valence-corrected chi connectivity index (χ4v) is 1.78. The lowest BCUT2D eigenvalue weighted by Crippen LogP contribution is -1.96. The Morgan fingerprint density at radius 3 is 2.89 bits per heavy atom. The maximum Gasteiger partial charge on any atom is 0.239 e. The lowest BCUT2D eigenvalue weighted by molar-refractivity contribution is 0.460. The van der Waals surface area contributed by atoms with E-state index in [0.717, 1.165) is 17.0 Å². The van der Waals surface area contributed by atoms with E-state index >= 15 is 0 Å². The minimum absolute atomic E-state index is 0.450. The Balaban J connectivity index is 2.22. The average Bonchev–Trinajstić information content (AvgIpc) is 2.41. The summed E-state index contributed by atoms with van der Waals surface area (Å²) in [6.45, 7) is 2.05. The average molecular weight is 264 g/mol. The Labute approximate surface area is 111 Å². The molecule has 1 aromatic carbocycles. The number of halogens is 1. The van der Waals surface area contributed by atoms with Gasteiger partial charge in [-0.3, -0.25) is 4.98 Å². The number of ether oxygens (including phenoxy) is 1. The van der Waals surface area contributed by atoms with Crippen molar-refractivity contribution < 1.29 is 4.74 Å². The normalized spacial score (nSPS) is 10.2. The van der Waals surface area contributed by atoms with E-state index in [1.165, 1.54) is 0 Å². The Morgan fingerprint density at radius 1 is 1.33 bits per heavy atom. The van der Waals surface area contributed by atoms with Gasteiger partial charge in [-0.15, -0.1) is 0 Å². The van der Waals surface area contributed by atoms with E-state index in [4.69, 9.17) is 16.3 Å². The van der Waals surface area contributed by atoms with Crippen LogP contribution in [-0.4, -0.2) is 17.0 Å². The van der Waals surface area contributed by atoms with Crippen LogP contribution in [0.15, 0.2) is 30.6 Å². The number of anilines is 1. The molecule has 0 amide bonds. The van der Waals surface area contributed by atoms with Crippen LogP contribution in [0, 0.1) is 0 Å². The zero-order valence-corrected chi connectivity index (χ0v) is 11.0. The third-order valence-corrected chi connectivity index (χ3v) is 2.86. The molecule has 2 aromatic rings. The summed E-state index contributed by atoms with van der Waals surface area (Å²) >= 11 is 6.05. The minimum Gasteiger partial charge on any atom is -0.437 e. The van der Waals surface area contributed by atoms with E-state index < -0.39 is 0 Å². The molecule has 0 aliphatic rings. The van der Waals surface area contributed by atoms with E-state index in [0.29, 0.717) is 17.4 Å². The van der Waals surface area contributed by atoms with Crippen LogP contribution in [0.2, 0.25) is 5.02 Å². The number of nitrogens with one attached hydrogen (secondary N) is 1. The molecule has 1 heterocycles. The fraction of sp³-hybridized carbons (Fsp3) is 0.231. The second kappa shape index (κ2) is 5.69. The SMILES string of the molecule is CCc1cc(Oc2cncc(NC)n2)ccc1Cl. The largest absolute Gasteiger partial charge is 0.437 e. The monoisotopic (exact) mass is 263 g/mol. The third-order valence-electron chi connectivity index (χ3n) is 2.49. The number of hydrogen-bond acceptors (Lipinski definition) is 4. The van der Waals surface area contributed by atoms with Gasteiger partial charge in [0.1, 0.15) is 11.6 Å². The van der Waals surface area contributed by atoms with Gasteiger partial charge in [0.15, 0.2) is 0 Å². The Kier molecular flexibility index (Phi) is 3.99. The van der Waals surface area contributed by atoms with Crippen molar-refractivity contribution in [2.24, 2.45) is 0 Å². The predicted octanol–water partition coefficient (Wildman–Crippen LogP) is 3.53. The molecule has 0 radical (unpaired) electrons. The Morgan fingerprint density at radius 2 is 2.17 bits per heavy atom. The van der Waals surface area contributed by atoms with Crippen molar-refractivity contribution in [1.29, 1.82) is 0 Å². The third kappa shape index (κ3) is 2.90. The van der Waals surface area contributed by atoms with Crippen molar-refractivity contribution >= 4 is 17.4 Å². The van der Waals surface area contributed by atoms with Gasteiger partial charge in [-0.25, -0.2) is 0 Å². The summed E-state index contributed by atoms with van der Waals surface area (Å²) in [5.74, 6) is 1.82. The molecular formula is C13H14ClN3O. The standard InChI is InChI=1S/C13H14ClN3O/c1-3-9-6-10(4-5-11(9)14)18-13-8-16-7-12(15-2)17-13/h4-8H,3H2,1-2H3,(H,15,17). The number of nitrogens with zero attached hydrogens (tertiary/aromatic N) is 2. The topological polar surface area (TPSA) is 47.0 Å². The van der Waals surface area contributed by atoms with E-state index in [9.17, 15) is 0 Å². The minimum atomic E-state index is 0.450. The van der Waals surface area contributed by atoms with Gasteiger partial charge in [0.2, 0.25) is 5.88 Å². The molecule has 1 aromatic heterocycles. The van der Waals surface area contributed by atoms with Crippen molar-refractivity contribution in [3.05, 3.63) is 41.2 Å². The van der Waals surface area contributed by atoms with Crippen LogP contribution in [0.25, 0.3) is 0 Å². The van der Waals surface area contributed by atoms with Crippen molar-refractivity contribution in [1.82, 2.24) is 9.97 Å². The maximum atomic E-state index is 6.05. The first-order chi connectivity index (χ1) is 8.72. The van der Waals surface area contributed by atoms with E-state index in [1.54, 1.807) is 19.4 Å². The number of hydrogen-bond donors (Lipinski definition) is 1. The summed E-state index contributed by atoms with van der Waals surface area (Å²) in [5.41, 5.74) is 1.05. The lowest BCUT2D eigenvalue weighted by Gasteiger charge is -2.08. The zero-order chi connectivity index (χ0) is 13.0. The lowest BCUT2D eigenvalue weighted by atomic mass is 10.1. The van der Waals surface area contributed by atoms with Crippen LogP contribution in [0.4, 0.5) is 5.82 Å². The van der Waals surface area contributed by atoms with Crippen LogP contribution in [-0.2, 0) is 6.42 Å². The first-order valence-corrected chi connectivity index (χ1v) is 6.06. The zero-order valence-electron chi connectivity index (χ0n) is 10.3. The summed E-state index contributed by atoms with van der Waals surface area (Å²) in [7, 11) is 1.78. The summed E-state index contributed by atoms with van der Waals surface area (Å²) in [6.07, 6.45) is 4.06. The molecule has 0 aliphatic heterocycles. The molecule has 0 aliphatic carbocycles. The number of aromatic nitrogens is 2. The number of benzene rings is 1. The van der Waals surface area contributed by atoms with Crippen LogP contribution in [0.1, 0.15) is 12.5 Å². The summed E-state index contributed by atoms with van der Waals surface area (Å²) in [4.78, 5) is 8.27. The Hall–Kier alpha value is -1.81. The molecule has 4 nitrogen and oxygen atoms in total. The van der Waals surface area contributed by atoms with Crippen LogP contribution >= 0.6 is 11.6 Å². The number of rotatable bonds is 4. The van der Waals surface area contributed by atoms with Gasteiger partial charge in [0.05, 0.1) is 12.4 Å². The number of aryl methyl sites for hydroxylation is 1. The highest BCUT2D eigenvalue weighted by atomic mass is 35.5. The molecule has 2 rings (SSSR count). The van der Waals surface area contributed by atoms with Crippen LogP contribution < -0.4 is 10.1 Å². The maximum absolute atomic E-state index is 6.05. The van der Waals surface area contributed by atoms with Crippen molar-refractivity contribution in [3.63, 3.8) is 0 Å². The molecule has 0 atom stereocenters. The van der Waals surface area contributed by atoms with Gasteiger partial charge in [-0.2, -0.15) is 4.98 Å². The summed E-state index contributed by atoms with van der Waals surface area (Å²) in [6, 6.07) is 5.55. The quantitative estimate of drug-likeness (QED) is 0.917. The molecule has 0 spiro atoms. The highest BCUT2D eigenvalue weighted by Crippen LogP contribution is 2.25. The van der Waals surface area contributed by atoms with Gasteiger partial charge >= 0.3 is 0 Å². The molecule has 0 bridgehead atoms. The Bertz CT molecular complexity index is 546. The molecular weight excluding hydrogens is 250 g/mol. The second-order valence-corrected chi connectivity index (χ2v) is 4.11. The molecule has 18 heavy (non-hydrogen) atoms. The summed E-state index contributed by atoms with van der Waals surface area (Å²) in [5, 5.41) is 3.66. The van der Waals surface area contributed by atoms with Gasteiger partial charge in [-0.05, 0) is 30.2 Å². The van der Waals surface area contributed by atoms with E-state index in [2.05, 4.69) is 15.3 Å². The molecule has 0 saturated carbocycles. The molecule has 1 N–H and O–H groups in total. The summed E-state index contributed by atoms with van der Waals surface area (Å²) < 4.78 is 5.65. The van der Waals surface area contributed by atoms with Gasteiger partial charge in [-0.1, -0.05) is 18.5 Å².